The Bertz CT molecular complexity index is 489. The number of hydrogen-bond donors (Lipinski definition) is 1. The van der Waals surface area contributed by atoms with E-state index in [0.29, 0.717) is 0 Å². The van der Waals surface area contributed by atoms with Gasteiger partial charge < -0.3 is 19.9 Å². The van der Waals surface area contributed by atoms with E-state index in [0.717, 1.165) is 51.3 Å². The molecular formula is C17H25N3O2. The van der Waals surface area contributed by atoms with E-state index >= 15 is 0 Å². The SMILES string of the molecule is COc1ccc(N2CCN(C(=O)[C@@H]3CCCCN3)CC2)cc1. The van der Waals surface area contributed by atoms with Crippen molar-refractivity contribution in [3.8, 4) is 5.75 Å². The molecule has 2 aliphatic heterocycles. The van der Waals surface area contributed by atoms with Crippen LogP contribution in [0.25, 0.3) is 0 Å². The van der Waals surface area contributed by atoms with Crippen LogP contribution in [0.15, 0.2) is 24.3 Å². The van der Waals surface area contributed by atoms with Crippen molar-refractivity contribution in [1.82, 2.24) is 10.2 Å². The first-order valence-corrected chi connectivity index (χ1v) is 8.19. The number of carbonyl (C=O) groups is 1. The van der Waals surface area contributed by atoms with Crippen molar-refractivity contribution in [2.45, 2.75) is 25.3 Å². The van der Waals surface area contributed by atoms with Crippen LogP contribution in [0.2, 0.25) is 0 Å². The molecule has 2 fully saturated rings. The van der Waals surface area contributed by atoms with Crippen molar-refractivity contribution in [3.63, 3.8) is 0 Å². The van der Waals surface area contributed by atoms with Crippen LogP contribution in [0, 0.1) is 0 Å². The quantitative estimate of drug-likeness (QED) is 0.919. The number of rotatable bonds is 3. The Kier molecular flexibility index (Phi) is 4.83. The average molecular weight is 303 g/mol. The minimum atomic E-state index is 0.0429. The Labute approximate surface area is 132 Å². The van der Waals surface area contributed by atoms with Gasteiger partial charge >= 0.3 is 0 Å². The predicted octanol–water partition coefficient (Wildman–Crippen LogP) is 1.49. The summed E-state index contributed by atoms with van der Waals surface area (Å²) >= 11 is 0. The average Bonchev–Trinajstić information content (AvgIpc) is 2.62. The highest BCUT2D eigenvalue weighted by atomic mass is 16.5. The zero-order valence-corrected chi connectivity index (χ0v) is 13.3. The number of nitrogens with zero attached hydrogens (tertiary/aromatic N) is 2. The molecule has 0 saturated carbocycles. The smallest absolute Gasteiger partial charge is 0.239 e. The highest BCUT2D eigenvalue weighted by Crippen LogP contribution is 2.21. The number of piperidine rings is 1. The Balaban J connectivity index is 1.54. The van der Waals surface area contributed by atoms with Crippen LogP contribution in [-0.4, -0.2) is 56.7 Å². The third-order valence-corrected chi connectivity index (χ3v) is 4.64. The van der Waals surface area contributed by atoms with Crippen molar-refractivity contribution < 1.29 is 9.53 Å². The summed E-state index contributed by atoms with van der Waals surface area (Å²) in [6.07, 6.45) is 3.34. The van der Waals surface area contributed by atoms with Gasteiger partial charge in [-0.2, -0.15) is 0 Å². The van der Waals surface area contributed by atoms with Gasteiger partial charge in [0.2, 0.25) is 5.91 Å². The van der Waals surface area contributed by atoms with Crippen molar-refractivity contribution >= 4 is 11.6 Å². The molecule has 120 valence electrons. The molecule has 2 saturated heterocycles. The fourth-order valence-electron chi connectivity index (χ4n) is 3.26. The fraction of sp³-hybridized carbons (Fsp3) is 0.588. The lowest BCUT2D eigenvalue weighted by atomic mass is 10.0. The van der Waals surface area contributed by atoms with Crippen LogP contribution in [0.1, 0.15) is 19.3 Å². The third-order valence-electron chi connectivity index (χ3n) is 4.64. The van der Waals surface area contributed by atoms with Gasteiger partial charge in [-0.15, -0.1) is 0 Å². The second kappa shape index (κ2) is 7.01. The molecule has 0 bridgehead atoms. The van der Waals surface area contributed by atoms with Crippen LogP contribution in [-0.2, 0) is 4.79 Å². The van der Waals surface area contributed by atoms with E-state index in [-0.39, 0.29) is 11.9 Å². The Morgan fingerprint density at radius 1 is 1.14 bits per heavy atom. The van der Waals surface area contributed by atoms with Crippen molar-refractivity contribution in [2.75, 3.05) is 44.7 Å². The lowest BCUT2D eigenvalue weighted by Gasteiger charge is -2.38. The molecule has 22 heavy (non-hydrogen) atoms. The highest BCUT2D eigenvalue weighted by molar-refractivity contribution is 5.82. The largest absolute Gasteiger partial charge is 0.497 e. The van der Waals surface area contributed by atoms with Gasteiger partial charge in [-0.3, -0.25) is 4.79 Å². The van der Waals surface area contributed by atoms with Gasteiger partial charge in [-0.05, 0) is 43.7 Å². The second-order valence-corrected chi connectivity index (χ2v) is 6.01. The summed E-state index contributed by atoms with van der Waals surface area (Å²) in [6, 6.07) is 8.18. The van der Waals surface area contributed by atoms with E-state index in [4.69, 9.17) is 4.74 Å². The summed E-state index contributed by atoms with van der Waals surface area (Å²) in [5.41, 5.74) is 1.20. The molecule has 3 rings (SSSR count). The summed E-state index contributed by atoms with van der Waals surface area (Å²) in [4.78, 5) is 16.9. The lowest BCUT2D eigenvalue weighted by Crippen LogP contribution is -2.55. The Morgan fingerprint density at radius 3 is 2.45 bits per heavy atom. The maximum absolute atomic E-state index is 12.5. The molecule has 2 heterocycles. The van der Waals surface area contributed by atoms with Crippen LogP contribution in [0.4, 0.5) is 5.69 Å². The monoisotopic (exact) mass is 303 g/mol. The van der Waals surface area contributed by atoms with Gasteiger partial charge in [0.25, 0.3) is 0 Å². The molecule has 1 aromatic carbocycles. The second-order valence-electron chi connectivity index (χ2n) is 6.01. The predicted molar refractivity (Wildman–Crippen MR) is 87.4 cm³/mol. The van der Waals surface area contributed by atoms with E-state index < -0.39 is 0 Å². The van der Waals surface area contributed by atoms with E-state index in [1.807, 2.05) is 17.0 Å². The zero-order chi connectivity index (χ0) is 15.4. The molecule has 0 aromatic heterocycles. The van der Waals surface area contributed by atoms with Crippen molar-refractivity contribution in [3.05, 3.63) is 24.3 Å². The number of nitrogens with one attached hydrogen (secondary N) is 1. The summed E-state index contributed by atoms with van der Waals surface area (Å²) in [5, 5.41) is 3.35. The Morgan fingerprint density at radius 2 is 1.86 bits per heavy atom. The van der Waals surface area contributed by atoms with Gasteiger partial charge in [-0.1, -0.05) is 6.42 Å². The number of piperazine rings is 1. The molecule has 5 heteroatoms. The summed E-state index contributed by atoms with van der Waals surface area (Å²) in [7, 11) is 1.68. The molecule has 2 aliphatic rings. The van der Waals surface area contributed by atoms with E-state index in [2.05, 4.69) is 22.3 Å². The van der Waals surface area contributed by atoms with E-state index in [1.165, 1.54) is 12.1 Å². The number of ether oxygens (including phenoxy) is 1. The van der Waals surface area contributed by atoms with Gasteiger partial charge in [-0.25, -0.2) is 0 Å². The molecule has 1 N–H and O–H groups in total. The summed E-state index contributed by atoms with van der Waals surface area (Å²) in [6.45, 7) is 4.38. The molecule has 1 amide bonds. The normalized spacial score (nSPS) is 22.5. The highest BCUT2D eigenvalue weighted by Gasteiger charge is 2.28. The molecule has 0 radical (unpaired) electrons. The van der Waals surface area contributed by atoms with Gasteiger partial charge in [0.15, 0.2) is 0 Å². The van der Waals surface area contributed by atoms with Gasteiger partial charge in [0.05, 0.1) is 13.2 Å². The standard InChI is InChI=1S/C17H25N3O2/c1-22-15-7-5-14(6-8-15)19-10-12-20(13-11-19)17(21)16-4-2-3-9-18-16/h5-8,16,18H,2-4,9-13H2,1H3/t16-/m0/s1. The third kappa shape index (κ3) is 3.35. The number of hydrogen-bond acceptors (Lipinski definition) is 4. The summed E-state index contributed by atoms with van der Waals surface area (Å²) < 4.78 is 5.19. The molecule has 5 nitrogen and oxygen atoms in total. The van der Waals surface area contributed by atoms with Gasteiger partial charge in [0, 0.05) is 31.9 Å². The molecule has 0 spiro atoms. The van der Waals surface area contributed by atoms with Crippen molar-refractivity contribution in [1.29, 1.82) is 0 Å². The zero-order valence-electron chi connectivity index (χ0n) is 13.3. The first-order chi connectivity index (χ1) is 10.8. The number of anilines is 1. The van der Waals surface area contributed by atoms with E-state index in [9.17, 15) is 4.79 Å². The molecule has 1 aromatic rings. The summed E-state index contributed by atoms with van der Waals surface area (Å²) in [5.74, 6) is 1.16. The number of methoxy groups -OCH3 is 1. The molecule has 0 aliphatic carbocycles. The van der Waals surface area contributed by atoms with Gasteiger partial charge in [0.1, 0.15) is 5.75 Å². The first kappa shape index (κ1) is 15.2. The lowest BCUT2D eigenvalue weighted by molar-refractivity contribution is -0.134. The molecular weight excluding hydrogens is 278 g/mol. The minimum Gasteiger partial charge on any atom is -0.497 e. The van der Waals surface area contributed by atoms with Crippen LogP contribution >= 0.6 is 0 Å². The van der Waals surface area contributed by atoms with Crippen LogP contribution < -0.4 is 15.0 Å². The van der Waals surface area contributed by atoms with Crippen LogP contribution in [0.3, 0.4) is 0 Å². The fourth-order valence-corrected chi connectivity index (χ4v) is 3.26. The van der Waals surface area contributed by atoms with Crippen molar-refractivity contribution in [2.24, 2.45) is 0 Å². The minimum absolute atomic E-state index is 0.0429. The molecule has 1 atom stereocenters. The molecule has 0 unspecified atom stereocenters. The maximum Gasteiger partial charge on any atom is 0.239 e. The first-order valence-electron chi connectivity index (χ1n) is 8.19. The topological polar surface area (TPSA) is 44.8 Å². The maximum atomic E-state index is 12.5. The van der Waals surface area contributed by atoms with Crippen LogP contribution in [0.5, 0.6) is 5.75 Å². The Hall–Kier alpha value is -1.75. The number of benzene rings is 1. The number of carbonyl (C=O) groups excluding carboxylic acids is 1. The number of amides is 1. The van der Waals surface area contributed by atoms with E-state index in [1.54, 1.807) is 7.11 Å².